The minimum absolute atomic E-state index is 0.0921. The van der Waals surface area contributed by atoms with Crippen LogP contribution in [-0.4, -0.2) is 76.2 Å². The van der Waals surface area contributed by atoms with Crippen LogP contribution in [-0.2, 0) is 4.74 Å². The molecule has 1 aliphatic heterocycles. The average molecular weight is 438 g/mol. The molecule has 32 heavy (non-hydrogen) atoms. The molecule has 1 radical (unpaired) electrons. The van der Waals surface area contributed by atoms with E-state index >= 15 is 0 Å². The van der Waals surface area contributed by atoms with Crippen molar-refractivity contribution in [2.75, 3.05) is 59.5 Å². The van der Waals surface area contributed by atoms with E-state index in [0.29, 0.717) is 24.2 Å². The lowest BCUT2D eigenvalue weighted by Gasteiger charge is -2.26. The third-order valence-electron chi connectivity index (χ3n) is 5.47. The Bertz CT molecular complexity index is 864. The van der Waals surface area contributed by atoms with Gasteiger partial charge in [0.2, 0.25) is 0 Å². The lowest BCUT2D eigenvalue weighted by molar-refractivity contribution is 0.0374. The van der Waals surface area contributed by atoms with Gasteiger partial charge < -0.3 is 20.7 Å². The van der Waals surface area contributed by atoms with E-state index in [0.717, 1.165) is 63.4 Å². The first kappa shape index (κ1) is 23.9. The molecule has 0 unspecified atom stereocenters. The minimum Gasteiger partial charge on any atom is -0.379 e. The van der Waals surface area contributed by atoms with E-state index in [4.69, 9.17) is 4.74 Å². The Morgan fingerprint density at radius 3 is 2.44 bits per heavy atom. The maximum Gasteiger partial charge on any atom is 0.252 e. The van der Waals surface area contributed by atoms with Gasteiger partial charge >= 0.3 is 0 Å². The number of benzene rings is 2. The molecule has 7 heteroatoms. The van der Waals surface area contributed by atoms with Crippen molar-refractivity contribution in [1.29, 1.82) is 0 Å². The van der Waals surface area contributed by atoms with Crippen molar-refractivity contribution in [3.8, 4) is 11.1 Å². The molecule has 171 valence electrons. The second-order valence-electron chi connectivity index (χ2n) is 7.81. The number of amides is 2. The van der Waals surface area contributed by atoms with E-state index in [1.54, 1.807) is 18.2 Å². The molecule has 3 N–H and O–H groups in total. The summed E-state index contributed by atoms with van der Waals surface area (Å²) in [7, 11) is 1.89. The monoisotopic (exact) mass is 437 g/mol. The van der Waals surface area contributed by atoms with Crippen molar-refractivity contribution >= 4 is 11.8 Å². The molecular formula is C25H33N4O3. The predicted octanol–water partition coefficient (Wildman–Crippen LogP) is 1.95. The number of hydrogen-bond donors (Lipinski definition) is 3. The fourth-order valence-corrected chi connectivity index (χ4v) is 3.65. The molecule has 0 atom stereocenters. The third-order valence-corrected chi connectivity index (χ3v) is 5.47. The zero-order valence-electron chi connectivity index (χ0n) is 18.8. The van der Waals surface area contributed by atoms with Crippen molar-refractivity contribution in [2.45, 2.75) is 12.8 Å². The predicted molar refractivity (Wildman–Crippen MR) is 126 cm³/mol. The topological polar surface area (TPSA) is 82.7 Å². The van der Waals surface area contributed by atoms with E-state index in [1.165, 1.54) is 0 Å². The van der Waals surface area contributed by atoms with Crippen LogP contribution in [0.15, 0.2) is 42.5 Å². The van der Waals surface area contributed by atoms with Crippen LogP contribution in [0.3, 0.4) is 0 Å². The van der Waals surface area contributed by atoms with E-state index in [1.807, 2.05) is 31.3 Å². The fraction of sp³-hybridized carbons (Fsp3) is 0.440. The highest BCUT2D eigenvalue weighted by Crippen LogP contribution is 2.24. The van der Waals surface area contributed by atoms with Crippen LogP contribution < -0.4 is 16.0 Å². The van der Waals surface area contributed by atoms with Gasteiger partial charge in [0.05, 0.1) is 18.8 Å². The molecular weight excluding hydrogens is 404 g/mol. The van der Waals surface area contributed by atoms with Crippen LogP contribution >= 0.6 is 0 Å². The molecule has 0 saturated carbocycles. The zero-order valence-corrected chi connectivity index (χ0v) is 18.8. The third kappa shape index (κ3) is 7.15. The molecule has 0 spiro atoms. The van der Waals surface area contributed by atoms with Gasteiger partial charge in [-0.2, -0.15) is 0 Å². The van der Waals surface area contributed by atoms with Gasteiger partial charge in [0.25, 0.3) is 11.8 Å². The maximum absolute atomic E-state index is 12.8. The van der Waals surface area contributed by atoms with Gasteiger partial charge in [-0.25, -0.2) is 0 Å². The first-order chi connectivity index (χ1) is 15.7. The molecule has 1 aliphatic rings. The van der Waals surface area contributed by atoms with Crippen LogP contribution in [0.2, 0.25) is 0 Å². The SMILES string of the molecule is CNCCCNC(=O)c1ccc(-c2ccc[c]c2C(=O)NCCCN2CCOCC2)cc1. The quantitative estimate of drug-likeness (QED) is 0.468. The van der Waals surface area contributed by atoms with Crippen molar-refractivity contribution < 1.29 is 14.3 Å². The number of rotatable bonds is 11. The molecule has 1 heterocycles. The summed E-state index contributed by atoms with van der Waals surface area (Å²) in [6, 6.07) is 15.9. The molecule has 1 saturated heterocycles. The van der Waals surface area contributed by atoms with Crippen molar-refractivity contribution in [1.82, 2.24) is 20.9 Å². The van der Waals surface area contributed by atoms with Crippen molar-refractivity contribution in [2.24, 2.45) is 0 Å². The van der Waals surface area contributed by atoms with Gasteiger partial charge in [0.1, 0.15) is 0 Å². The first-order valence-corrected chi connectivity index (χ1v) is 11.3. The fourth-order valence-electron chi connectivity index (χ4n) is 3.65. The molecule has 2 amide bonds. The van der Waals surface area contributed by atoms with Gasteiger partial charge in [-0.3, -0.25) is 14.5 Å². The van der Waals surface area contributed by atoms with Gasteiger partial charge in [0.15, 0.2) is 0 Å². The Hall–Kier alpha value is -2.74. The number of ether oxygens (including phenoxy) is 1. The molecule has 2 aromatic rings. The minimum atomic E-state index is -0.131. The van der Waals surface area contributed by atoms with Crippen LogP contribution in [0.1, 0.15) is 33.6 Å². The highest BCUT2D eigenvalue weighted by molar-refractivity contribution is 6.01. The number of nitrogens with one attached hydrogen (secondary N) is 3. The van der Waals surface area contributed by atoms with Crippen molar-refractivity contribution in [3.05, 3.63) is 59.7 Å². The Morgan fingerprint density at radius 2 is 1.69 bits per heavy atom. The number of carbonyl (C=O) groups is 2. The maximum atomic E-state index is 12.8. The number of carbonyl (C=O) groups excluding carboxylic acids is 2. The molecule has 1 fully saturated rings. The molecule has 2 aromatic carbocycles. The number of nitrogens with zero attached hydrogens (tertiary/aromatic N) is 1. The van der Waals surface area contributed by atoms with Crippen molar-refractivity contribution in [3.63, 3.8) is 0 Å². The van der Waals surface area contributed by atoms with Gasteiger partial charge in [-0.05, 0) is 62.3 Å². The number of hydrogen-bond acceptors (Lipinski definition) is 5. The summed E-state index contributed by atoms with van der Waals surface area (Å²) >= 11 is 0. The second-order valence-corrected chi connectivity index (χ2v) is 7.81. The summed E-state index contributed by atoms with van der Waals surface area (Å²) in [5.74, 6) is -0.223. The number of morpholine rings is 1. The normalized spacial score (nSPS) is 14.2. The van der Waals surface area contributed by atoms with E-state index in [9.17, 15) is 9.59 Å². The summed E-state index contributed by atoms with van der Waals surface area (Å²) in [6.45, 7) is 6.53. The lowest BCUT2D eigenvalue weighted by atomic mass is 9.98. The first-order valence-electron chi connectivity index (χ1n) is 11.3. The summed E-state index contributed by atoms with van der Waals surface area (Å²) in [5, 5.41) is 8.99. The van der Waals surface area contributed by atoms with Crippen LogP contribution in [0.25, 0.3) is 11.1 Å². The summed E-state index contributed by atoms with van der Waals surface area (Å²) in [6.07, 6.45) is 1.77. The smallest absolute Gasteiger partial charge is 0.252 e. The van der Waals surface area contributed by atoms with Crippen LogP contribution in [0.5, 0.6) is 0 Å². The van der Waals surface area contributed by atoms with Crippen LogP contribution in [0, 0.1) is 6.07 Å². The summed E-state index contributed by atoms with van der Waals surface area (Å²) in [5.41, 5.74) is 2.81. The Kier molecular flexibility index (Phi) is 9.68. The van der Waals surface area contributed by atoms with Gasteiger partial charge in [-0.1, -0.05) is 30.3 Å². The van der Waals surface area contributed by atoms with E-state index in [-0.39, 0.29) is 11.8 Å². The van der Waals surface area contributed by atoms with Crippen LogP contribution in [0.4, 0.5) is 0 Å². The Balaban J connectivity index is 1.55. The highest BCUT2D eigenvalue weighted by Gasteiger charge is 2.14. The van der Waals surface area contributed by atoms with E-state index < -0.39 is 0 Å². The average Bonchev–Trinajstić information content (AvgIpc) is 2.85. The molecule has 0 bridgehead atoms. The Morgan fingerprint density at radius 1 is 0.969 bits per heavy atom. The van der Waals surface area contributed by atoms with Gasteiger partial charge in [0, 0.05) is 31.7 Å². The zero-order chi connectivity index (χ0) is 22.6. The van der Waals surface area contributed by atoms with E-state index in [2.05, 4.69) is 26.9 Å². The highest BCUT2D eigenvalue weighted by atomic mass is 16.5. The Labute approximate surface area is 190 Å². The standard InChI is InChI=1S/C25H33N4O3/c1-26-12-4-13-27-24(30)21-10-8-20(9-11-21)22-6-2-3-7-23(22)25(31)28-14-5-15-29-16-18-32-19-17-29/h2-3,6,8-11,26H,4-5,12-19H2,1H3,(H,27,30)(H,28,31). The summed E-state index contributed by atoms with van der Waals surface area (Å²) in [4.78, 5) is 27.4. The molecule has 0 aliphatic carbocycles. The molecule has 7 nitrogen and oxygen atoms in total. The second kappa shape index (κ2) is 13.0. The summed E-state index contributed by atoms with van der Waals surface area (Å²) < 4.78 is 5.36. The molecule has 0 aromatic heterocycles. The lowest BCUT2D eigenvalue weighted by Crippen LogP contribution is -2.38. The largest absolute Gasteiger partial charge is 0.379 e. The van der Waals surface area contributed by atoms with Gasteiger partial charge in [-0.15, -0.1) is 0 Å². The molecule has 3 rings (SSSR count).